The van der Waals surface area contributed by atoms with Crippen LogP contribution in [0.15, 0.2) is 35.4 Å². The predicted octanol–water partition coefficient (Wildman–Crippen LogP) is 4.45. The van der Waals surface area contributed by atoms with Crippen LogP contribution in [0.2, 0.25) is 5.15 Å². The number of aromatic nitrogens is 2. The second kappa shape index (κ2) is 9.10. The fourth-order valence-corrected chi connectivity index (χ4v) is 2.18. The van der Waals surface area contributed by atoms with E-state index in [1.165, 1.54) is 12.8 Å². The van der Waals surface area contributed by atoms with Gasteiger partial charge in [-0.15, -0.1) is 0 Å². The molecule has 0 aliphatic heterocycles. The van der Waals surface area contributed by atoms with E-state index in [1.807, 2.05) is 24.3 Å². The number of nitrogens with one attached hydrogen (secondary N) is 1. The summed E-state index contributed by atoms with van der Waals surface area (Å²) in [5.74, 6) is 2.04. The lowest BCUT2D eigenvalue weighted by Gasteiger charge is -2.05. The first kappa shape index (κ1) is 17.2. The van der Waals surface area contributed by atoms with Crippen molar-refractivity contribution in [1.82, 2.24) is 9.97 Å². The maximum atomic E-state index is 5.87. The third-order valence-corrected chi connectivity index (χ3v) is 3.29. The zero-order valence-corrected chi connectivity index (χ0v) is 14.2. The molecule has 0 saturated carbocycles. The fraction of sp³-hybridized carbons (Fsp3) is 0.353. The Morgan fingerprint density at radius 2 is 2.00 bits per heavy atom. The second-order valence-electron chi connectivity index (χ2n) is 5.12. The first-order chi connectivity index (χ1) is 11.2. The average molecular weight is 333 g/mol. The van der Waals surface area contributed by atoms with Crippen LogP contribution in [0.3, 0.4) is 0 Å². The summed E-state index contributed by atoms with van der Waals surface area (Å²) in [7, 11) is 0. The van der Waals surface area contributed by atoms with Gasteiger partial charge in [0.05, 0.1) is 12.8 Å². The molecule has 0 saturated heterocycles. The second-order valence-corrected chi connectivity index (χ2v) is 5.50. The molecule has 5 nitrogen and oxygen atoms in total. The fourth-order valence-electron chi connectivity index (χ4n) is 1.95. The molecule has 0 amide bonds. The van der Waals surface area contributed by atoms with Gasteiger partial charge in [-0.2, -0.15) is 5.10 Å². The molecule has 0 spiro atoms. The molecule has 0 aliphatic rings. The van der Waals surface area contributed by atoms with Crippen LogP contribution in [0.25, 0.3) is 0 Å². The molecule has 0 atom stereocenters. The molecule has 1 N–H and O–H groups in total. The van der Waals surface area contributed by atoms with Crippen molar-refractivity contribution in [3.05, 3.63) is 46.9 Å². The number of anilines is 1. The maximum absolute atomic E-state index is 5.87. The monoisotopic (exact) mass is 332 g/mol. The Hall–Kier alpha value is -2.14. The van der Waals surface area contributed by atoms with E-state index in [4.69, 9.17) is 16.3 Å². The molecule has 0 aliphatic carbocycles. The molecule has 23 heavy (non-hydrogen) atoms. The average Bonchev–Trinajstić information content (AvgIpc) is 2.52. The zero-order valence-electron chi connectivity index (χ0n) is 13.4. The van der Waals surface area contributed by atoms with E-state index in [2.05, 4.69) is 27.4 Å². The van der Waals surface area contributed by atoms with Crippen LogP contribution < -0.4 is 10.2 Å². The highest BCUT2D eigenvalue weighted by Crippen LogP contribution is 2.13. The molecular weight excluding hydrogens is 312 g/mol. The van der Waals surface area contributed by atoms with Crippen molar-refractivity contribution in [1.29, 1.82) is 0 Å². The Morgan fingerprint density at radius 3 is 2.70 bits per heavy atom. The molecule has 6 heteroatoms. The van der Waals surface area contributed by atoms with Crippen LogP contribution in [-0.4, -0.2) is 22.8 Å². The van der Waals surface area contributed by atoms with Gasteiger partial charge in [0, 0.05) is 6.07 Å². The minimum atomic E-state index is 0.389. The standard InChI is InChI=1S/C17H21ClN4O/c1-3-4-5-10-23-15-8-6-14(7-9-15)12-19-22-17-11-16(18)20-13(2)21-17/h6-9,11-12H,3-5,10H2,1-2H3,(H,20,21,22). The van der Waals surface area contributed by atoms with E-state index in [1.54, 1.807) is 19.2 Å². The summed E-state index contributed by atoms with van der Waals surface area (Å²) in [5.41, 5.74) is 3.81. The summed E-state index contributed by atoms with van der Waals surface area (Å²) in [4.78, 5) is 8.18. The lowest BCUT2D eigenvalue weighted by atomic mass is 10.2. The van der Waals surface area contributed by atoms with Gasteiger partial charge in [0.2, 0.25) is 0 Å². The molecular formula is C17H21ClN4O. The highest BCUT2D eigenvalue weighted by Gasteiger charge is 1.98. The predicted molar refractivity (Wildman–Crippen MR) is 94.5 cm³/mol. The summed E-state index contributed by atoms with van der Waals surface area (Å²) >= 11 is 5.87. The topological polar surface area (TPSA) is 59.4 Å². The molecule has 1 heterocycles. The van der Waals surface area contributed by atoms with Gasteiger partial charge in [-0.3, -0.25) is 5.43 Å². The minimum absolute atomic E-state index is 0.389. The summed E-state index contributed by atoms with van der Waals surface area (Å²) in [5, 5.41) is 4.53. The van der Waals surface area contributed by atoms with Crippen molar-refractivity contribution in [2.24, 2.45) is 5.10 Å². The van der Waals surface area contributed by atoms with Gasteiger partial charge in [0.1, 0.15) is 16.7 Å². The van der Waals surface area contributed by atoms with Crippen molar-refractivity contribution >= 4 is 23.6 Å². The van der Waals surface area contributed by atoms with Gasteiger partial charge in [-0.1, -0.05) is 31.4 Å². The van der Waals surface area contributed by atoms with Crippen LogP contribution in [0.1, 0.15) is 37.6 Å². The Kier molecular flexibility index (Phi) is 6.81. The first-order valence-corrected chi connectivity index (χ1v) is 8.08. The van der Waals surface area contributed by atoms with Crippen LogP contribution in [0, 0.1) is 6.92 Å². The van der Waals surface area contributed by atoms with Gasteiger partial charge in [-0.05, 0) is 43.2 Å². The normalized spacial score (nSPS) is 10.9. The van der Waals surface area contributed by atoms with Gasteiger partial charge in [-0.25, -0.2) is 9.97 Å². The quantitative estimate of drug-likeness (QED) is 0.336. The van der Waals surface area contributed by atoms with Crippen molar-refractivity contribution in [3.63, 3.8) is 0 Å². The molecule has 1 aromatic carbocycles. The molecule has 0 bridgehead atoms. The SMILES string of the molecule is CCCCCOc1ccc(C=NNc2cc(Cl)nc(C)n2)cc1. The Labute approximate surface area is 141 Å². The van der Waals surface area contributed by atoms with E-state index in [9.17, 15) is 0 Å². The number of halogens is 1. The Bertz CT molecular complexity index is 623. The summed E-state index contributed by atoms with van der Waals surface area (Å²) < 4.78 is 5.67. The number of hydrogen-bond donors (Lipinski definition) is 1. The minimum Gasteiger partial charge on any atom is -0.494 e. The molecule has 0 fully saturated rings. The smallest absolute Gasteiger partial charge is 0.151 e. The number of ether oxygens (including phenoxy) is 1. The van der Waals surface area contributed by atoms with E-state index in [-0.39, 0.29) is 0 Å². The zero-order chi connectivity index (χ0) is 16.5. The summed E-state index contributed by atoms with van der Waals surface area (Å²) in [6.07, 6.45) is 5.20. The van der Waals surface area contributed by atoms with E-state index in [0.717, 1.165) is 24.3 Å². The number of hydrazone groups is 1. The number of hydrogen-bond acceptors (Lipinski definition) is 5. The largest absolute Gasteiger partial charge is 0.494 e. The Morgan fingerprint density at radius 1 is 1.22 bits per heavy atom. The van der Waals surface area contributed by atoms with E-state index in [0.29, 0.717) is 16.8 Å². The van der Waals surface area contributed by atoms with Gasteiger partial charge < -0.3 is 4.74 Å². The van der Waals surface area contributed by atoms with Crippen LogP contribution in [0.5, 0.6) is 5.75 Å². The number of rotatable bonds is 8. The number of aryl methyl sites for hydroxylation is 1. The van der Waals surface area contributed by atoms with Crippen molar-refractivity contribution in [2.75, 3.05) is 12.0 Å². The molecule has 1 aromatic heterocycles. The molecule has 0 unspecified atom stereocenters. The highest BCUT2D eigenvalue weighted by molar-refractivity contribution is 6.29. The number of nitrogens with zero attached hydrogens (tertiary/aromatic N) is 3. The first-order valence-electron chi connectivity index (χ1n) is 7.70. The Balaban J connectivity index is 1.85. The van der Waals surface area contributed by atoms with E-state index >= 15 is 0 Å². The van der Waals surface area contributed by atoms with E-state index < -0.39 is 0 Å². The third kappa shape index (κ3) is 6.24. The lowest BCUT2D eigenvalue weighted by Crippen LogP contribution is -1.98. The van der Waals surface area contributed by atoms with Gasteiger partial charge in [0.25, 0.3) is 0 Å². The summed E-state index contributed by atoms with van der Waals surface area (Å²) in [6, 6.07) is 9.42. The van der Waals surface area contributed by atoms with Gasteiger partial charge in [0.15, 0.2) is 5.82 Å². The van der Waals surface area contributed by atoms with Crippen molar-refractivity contribution in [2.45, 2.75) is 33.1 Å². The van der Waals surface area contributed by atoms with Crippen molar-refractivity contribution in [3.8, 4) is 5.75 Å². The van der Waals surface area contributed by atoms with Gasteiger partial charge >= 0.3 is 0 Å². The molecule has 0 radical (unpaired) electrons. The molecule has 122 valence electrons. The maximum Gasteiger partial charge on any atom is 0.151 e. The van der Waals surface area contributed by atoms with Crippen LogP contribution >= 0.6 is 11.6 Å². The molecule has 2 aromatic rings. The summed E-state index contributed by atoms with van der Waals surface area (Å²) in [6.45, 7) is 4.72. The van der Waals surface area contributed by atoms with Crippen LogP contribution in [0.4, 0.5) is 5.82 Å². The number of unbranched alkanes of at least 4 members (excludes halogenated alkanes) is 2. The lowest BCUT2D eigenvalue weighted by molar-refractivity contribution is 0.306. The van der Waals surface area contributed by atoms with Crippen molar-refractivity contribution < 1.29 is 4.74 Å². The van der Waals surface area contributed by atoms with Crippen LogP contribution in [-0.2, 0) is 0 Å². The number of benzene rings is 1. The molecule has 2 rings (SSSR count). The highest BCUT2D eigenvalue weighted by atomic mass is 35.5. The third-order valence-electron chi connectivity index (χ3n) is 3.10.